The number of anilines is 1. The van der Waals surface area contributed by atoms with Crippen molar-refractivity contribution >= 4 is 57.1 Å². The van der Waals surface area contributed by atoms with Gasteiger partial charge in [0.15, 0.2) is 0 Å². The second kappa shape index (κ2) is 10.5. The number of hydrazone groups is 1. The molecule has 0 aliphatic rings. The van der Waals surface area contributed by atoms with Crippen LogP contribution in [0.4, 0.5) is 10.5 Å². The van der Waals surface area contributed by atoms with Crippen molar-refractivity contribution in [3.8, 4) is 5.75 Å². The molecular weight excluding hydrogens is 489 g/mol. The zero-order chi connectivity index (χ0) is 21.5. The van der Waals surface area contributed by atoms with Crippen molar-refractivity contribution < 1.29 is 9.53 Å². The Labute approximate surface area is 193 Å². The van der Waals surface area contributed by atoms with E-state index in [9.17, 15) is 4.79 Å². The van der Waals surface area contributed by atoms with Crippen LogP contribution in [0.3, 0.4) is 0 Å². The van der Waals surface area contributed by atoms with E-state index < -0.39 is 6.03 Å². The fourth-order valence-corrected chi connectivity index (χ4v) is 3.12. The number of amides is 2. The average molecular weight is 507 g/mol. The van der Waals surface area contributed by atoms with E-state index in [0.717, 1.165) is 21.2 Å². The zero-order valence-corrected chi connectivity index (χ0v) is 19.1. The number of aryl methyl sites for hydroxylation is 1. The van der Waals surface area contributed by atoms with E-state index in [1.807, 2.05) is 49.4 Å². The van der Waals surface area contributed by atoms with Crippen molar-refractivity contribution in [2.24, 2.45) is 5.10 Å². The number of urea groups is 1. The summed E-state index contributed by atoms with van der Waals surface area (Å²) in [4.78, 5) is 12.1. The van der Waals surface area contributed by atoms with Gasteiger partial charge in [-0.05, 0) is 60.5 Å². The van der Waals surface area contributed by atoms with Gasteiger partial charge in [-0.25, -0.2) is 10.2 Å². The van der Waals surface area contributed by atoms with Crippen LogP contribution in [0.2, 0.25) is 10.0 Å². The van der Waals surface area contributed by atoms with Gasteiger partial charge in [0.1, 0.15) is 12.4 Å². The summed E-state index contributed by atoms with van der Waals surface area (Å²) in [5.74, 6) is 0.623. The Balaban J connectivity index is 1.59. The largest absolute Gasteiger partial charge is 0.488 e. The number of ether oxygens (including phenoxy) is 1. The van der Waals surface area contributed by atoms with Crippen molar-refractivity contribution in [2.75, 3.05) is 5.32 Å². The van der Waals surface area contributed by atoms with Crippen molar-refractivity contribution in [1.29, 1.82) is 0 Å². The van der Waals surface area contributed by atoms with Gasteiger partial charge in [0, 0.05) is 15.7 Å². The van der Waals surface area contributed by atoms with Gasteiger partial charge in [-0.15, -0.1) is 0 Å². The highest BCUT2D eigenvalue weighted by Crippen LogP contribution is 2.24. The molecule has 3 aromatic carbocycles. The first-order chi connectivity index (χ1) is 14.4. The number of hydrogen-bond donors (Lipinski definition) is 2. The standard InChI is InChI=1S/C22H18BrCl2N3O2/c1-14-10-17(7-8-18(14)23)27-22(29)28-26-12-16-4-2-3-5-21(16)30-13-15-6-9-19(24)20(25)11-15/h2-12H,13H2,1H3,(H2,27,28,29)/b26-12+. The molecule has 0 saturated heterocycles. The van der Waals surface area contributed by atoms with E-state index in [1.54, 1.807) is 18.2 Å². The van der Waals surface area contributed by atoms with Gasteiger partial charge in [-0.1, -0.05) is 57.3 Å². The molecule has 0 fully saturated rings. The second-order valence-corrected chi connectivity index (χ2v) is 8.03. The maximum atomic E-state index is 12.1. The quantitative estimate of drug-likeness (QED) is 0.285. The number of rotatable bonds is 6. The first kappa shape index (κ1) is 22.2. The highest BCUT2D eigenvalue weighted by atomic mass is 79.9. The highest BCUT2D eigenvalue weighted by Gasteiger charge is 2.05. The van der Waals surface area contributed by atoms with Crippen LogP contribution in [0.25, 0.3) is 0 Å². The molecule has 0 spiro atoms. The minimum atomic E-state index is -0.442. The van der Waals surface area contributed by atoms with Crippen molar-refractivity contribution in [1.82, 2.24) is 5.43 Å². The van der Waals surface area contributed by atoms with Gasteiger partial charge >= 0.3 is 6.03 Å². The van der Waals surface area contributed by atoms with E-state index >= 15 is 0 Å². The molecule has 0 heterocycles. The highest BCUT2D eigenvalue weighted by molar-refractivity contribution is 9.10. The topological polar surface area (TPSA) is 62.7 Å². The third-order valence-corrected chi connectivity index (χ3v) is 5.71. The van der Waals surface area contributed by atoms with Crippen LogP contribution in [0, 0.1) is 6.92 Å². The van der Waals surface area contributed by atoms with Crippen molar-refractivity contribution in [2.45, 2.75) is 13.5 Å². The summed E-state index contributed by atoms with van der Waals surface area (Å²) in [6, 6.07) is 17.8. The molecule has 154 valence electrons. The molecule has 8 heteroatoms. The number of benzene rings is 3. The summed E-state index contributed by atoms with van der Waals surface area (Å²) in [5, 5.41) is 7.70. The van der Waals surface area contributed by atoms with Gasteiger partial charge in [-0.2, -0.15) is 5.10 Å². The van der Waals surface area contributed by atoms with Crippen LogP contribution >= 0.6 is 39.1 Å². The molecule has 2 N–H and O–H groups in total. The van der Waals surface area contributed by atoms with Crippen LogP contribution in [0.15, 0.2) is 70.2 Å². The predicted molar refractivity (Wildman–Crippen MR) is 126 cm³/mol. The number of nitrogens with one attached hydrogen (secondary N) is 2. The molecule has 5 nitrogen and oxygen atoms in total. The number of para-hydroxylation sites is 1. The summed E-state index contributed by atoms with van der Waals surface area (Å²) < 4.78 is 6.85. The second-order valence-electron chi connectivity index (χ2n) is 6.36. The summed E-state index contributed by atoms with van der Waals surface area (Å²) in [6.07, 6.45) is 1.52. The maximum absolute atomic E-state index is 12.1. The monoisotopic (exact) mass is 505 g/mol. The molecule has 0 bridgehead atoms. The van der Waals surface area contributed by atoms with E-state index in [4.69, 9.17) is 27.9 Å². The Morgan fingerprint density at radius 3 is 2.67 bits per heavy atom. The Kier molecular flexibility index (Phi) is 7.74. The molecule has 0 aliphatic carbocycles. The summed E-state index contributed by atoms with van der Waals surface area (Å²) in [6.45, 7) is 2.26. The Morgan fingerprint density at radius 1 is 1.10 bits per heavy atom. The Morgan fingerprint density at radius 2 is 1.90 bits per heavy atom. The third-order valence-electron chi connectivity index (χ3n) is 4.08. The van der Waals surface area contributed by atoms with Crippen LogP contribution in [-0.4, -0.2) is 12.2 Å². The lowest BCUT2D eigenvalue weighted by molar-refractivity contribution is 0.252. The molecule has 2 amide bonds. The zero-order valence-electron chi connectivity index (χ0n) is 16.0. The van der Waals surface area contributed by atoms with E-state index in [2.05, 4.69) is 31.8 Å². The number of carbonyl (C=O) groups excluding carboxylic acids is 1. The van der Waals surface area contributed by atoms with Crippen LogP contribution in [0.1, 0.15) is 16.7 Å². The van der Waals surface area contributed by atoms with Gasteiger partial charge in [0.2, 0.25) is 0 Å². The van der Waals surface area contributed by atoms with Gasteiger partial charge in [-0.3, -0.25) is 0 Å². The SMILES string of the molecule is Cc1cc(NC(=O)N/N=C/c2ccccc2OCc2ccc(Cl)c(Cl)c2)ccc1Br. The fourth-order valence-electron chi connectivity index (χ4n) is 2.55. The molecule has 0 radical (unpaired) electrons. The Hall–Kier alpha value is -2.54. The molecule has 3 aromatic rings. The molecule has 0 atom stereocenters. The lowest BCUT2D eigenvalue weighted by atomic mass is 10.2. The predicted octanol–water partition coefficient (Wildman–Crippen LogP) is 6.80. The molecule has 3 rings (SSSR count). The average Bonchev–Trinajstić information content (AvgIpc) is 2.72. The summed E-state index contributed by atoms with van der Waals surface area (Å²) in [7, 11) is 0. The smallest absolute Gasteiger partial charge is 0.339 e. The number of carbonyl (C=O) groups is 1. The first-order valence-electron chi connectivity index (χ1n) is 8.94. The molecule has 0 aliphatic heterocycles. The molecular formula is C22H18BrCl2N3O2. The van der Waals surface area contributed by atoms with Gasteiger partial charge in [0.05, 0.1) is 16.3 Å². The third kappa shape index (κ3) is 6.23. The van der Waals surface area contributed by atoms with Crippen LogP contribution < -0.4 is 15.5 Å². The number of hydrogen-bond acceptors (Lipinski definition) is 3. The van der Waals surface area contributed by atoms with Crippen molar-refractivity contribution in [3.05, 3.63) is 91.9 Å². The van der Waals surface area contributed by atoms with Crippen LogP contribution in [-0.2, 0) is 6.61 Å². The number of halogens is 3. The molecule has 0 unspecified atom stereocenters. The van der Waals surface area contributed by atoms with Gasteiger partial charge < -0.3 is 10.1 Å². The molecule has 0 aromatic heterocycles. The van der Waals surface area contributed by atoms with Gasteiger partial charge in [0.25, 0.3) is 0 Å². The van der Waals surface area contributed by atoms with Crippen LogP contribution in [0.5, 0.6) is 5.75 Å². The minimum Gasteiger partial charge on any atom is -0.488 e. The number of nitrogens with zero attached hydrogens (tertiary/aromatic N) is 1. The van der Waals surface area contributed by atoms with E-state index in [0.29, 0.717) is 28.1 Å². The summed E-state index contributed by atoms with van der Waals surface area (Å²) >= 11 is 15.4. The summed E-state index contributed by atoms with van der Waals surface area (Å²) in [5.41, 5.74) is 5.75. The molecule has 0 saturated carbocycles. The first-order valence-corrected chi connectivity index (χ1v) is 10.5. The lowest BCUT2D eigenvalue weighted by Gasteiger charge is -2.10. The van der Waals surface area contributed by atoms with E-state index in [1.165, 1.54) is 6.21 Å². The normalized spacial score (nSPS) is 10.8. The van der Waals surface area contributed by atoms with Crippen molar-refractivity contribution in [3.63, 3.8) is 0 Å². The lowest BCUT2D eigenvalue weighted by Crippen LogP contribution is -2.24. The maximum Gasteiger partial charge on any atom is 0.339 e. The fraction of sp³-hybridized carbons (Fsp3) is 0.0909. The Bertz CT molecular complexity index is 1090. The minimum absolute atomic E-state index is 0.318. The van der Waals surface area contributed by atoms with E-state index in [-0.39, 0.29) is 0 Å². The molecule has 30 heavy (non-hydrogen) atoms.